The van der Waals surface area contributed by atoms with E-state index in [9.17, 15) is 40.6 Å². The molecule has 2 aromatic carbocycles. The fourth-order valence-corrected chi connectivity index (χ4v) is 3.12. The molecule has 5 nitrogen and oxygen atoms in total. The van der Waals surface area contributed by atoms with Crippen LogP contribution in [0.4, 0.5) is 36.4 Å². The van der Waals surface area contributed by atoms with Crippen molar-refractivity contribution in [2.45, 2.75) is 50.6 Å². The van der Waals surface area contributed by atoms with Gasteiger partial charge in [0.1, 0.15) is 5.54 Å². The van der Waals surface area contributed by atoms with Crippen molar-refractivity contribution < 1.29 is 40.6 Å². The summed E-state index contributed by atoms with van der Waals surface area (Å²) in [7, 11) is 0. The van der Waals surface area contributed by atoms with E-state index in [1.807, 2.05) is 6.07 Å². The summed E-state index contributed by atoms with van der Waals surface area (Å²) in [5, 5.41) is 24.6. The zero-order valence-corrected chi connectivity index (χ0v) is 18.1. The van der Waals surface area contributed by atoms with Crippen LogP contribution in [0.3, 0.4) is 0 Å². The van der Waals surface area contributed by atoms with Crippen LogP contribution < -0.4 is 10.6 Å². The zero-order valence-electron chi connectivity index (χ0n) is 18.1. The van der Waals surface area contributed by atoms with Crippen LogP contribution in [0.2, 0.25) is 0 Å². The molecule has 2 aromatic rings. The van der Waals surface area contributed by atoms with Crippen LogP contribution in [0.1, 0.15) is 47.1 Å². The van der Waals surface area contributed by atoms with E-state index in [-0.39, 0.29) is 16.8 Å². The average Bonchev–Trinajstić information content (AvgIpc) is 2.71. The Balaban J connectivity index is 2.36. The molecule has 2 rings (SSSR count). The molecule has 12 heteroatoms. The molecule has 0 heterocycles. The number of aliphatic hydroxyl groups is 1. The molecule has 3 N–H and O–H groups in total. The molecule has 0 spiro atoms. The molecule has 0 radical (unpaired) electrons. The lowest BCUT2D eigenvalue weighted by molar-refractivity contribution is -0.348. The molecular formula is C22H20F7N3O2. The Labute approximate surface area is 190 Å². The minimum Gasteiger partial charge on any atom is -0.369 e. The van der Waals surface area contributed by atoms with Crippen molar-refractivity contribution in [3.63, 3.8) is 0 Å². The second-order valence-electron chi connectivity index (χ2n) is 8.01. The minimum absolute atomic E-state index is 0.0133. The molecule has 1 atom stereocenters. The molecule has 0 aliphatic heterocycles. The van der Waals surface area contributed by atoms with Crippen LogP contribution in [-0.4, -0.2) is 28.9 Å². The van der Waals surface area contributed by atoms with Crippen LogP contribution in [0, 0.1) is 18.3 Å². The van der Waals surface area contributed by atoms with Gasteiger partial charge in [0.05, 0.1) is 6.07 Å². The van der Waals surface area contributed by atoms with E-state index in [0.717, 1.165) is 12.1 Å². The van der Waals surface area contributed by atoms with Crippen molar-refractivity contribution >= 4 is 11.6 Å². The Kier molecular flexibility index (Phi) is 7.23. The molecule has 0 saturated heterocycles. The van der Waals surface area contributed by atoms with E-state index in [2.05, 4.69) is 10.6 Å². The highest BCUT2D eigenvalue weighted by Crippen LogP contribution is 2.53. The molecule has 0 aromatic heterocycles. The van der Waals surface area contributed by atoms with Crippen molar-refractivity contribution in [1.82, 2.24) is 5.32 Å². The first-order chi connectivity index (χ1) is 15.4. The number of alkyl halides is 7. The van der Waals surface area contributed by atoms with E-state index in [4.69, 9.17) is 5.26 Å². The number of hydrogen-bond donors (Lipinski definition) is 3. The van der Waals surface area contributed by atoms with Gasteiger partial charge in [0.25, 0.3) is 5.91 Å². The number of carbonyl (C=O) groups excluding carboxylic acids is 1. The van der Waals surface area contributed by atoms with Gasteiger partial charge in [0, 0.05) is 22.4 Å². The highest BCUT2D eigenvalue weighted by atomic mass is 19.4. The Morgan fingerprint density at radius 2 is 1.50 bits per heavy atom. The van der Waals surface area contributed by atoms with Gasteiger partial charge in [0.2, 0.25) is 0 Å². The van der Waals surface area contributed by atoms with Crippen molar-refractivity contribution in [2.75, 3.05) is 5.32 Å². The summed E-state index contributed by atoms with van der Waals surface area (Å²) in [6.45, 7) is 4.46. The van der Waals surface area contributed by atoms with Gasteiger partial charge in [0.15, 0.2) is 6.23 Å². The fraction of sp³-hybridized carbons (Fsp3) is 0.364. The number of aliphatic hydroxyl groups excluding tert-OH is 1. The summed E-state index contributed by atoms with van der Waals surface area (Å²) in [5.74, 6) is -0.687. The first-order valence-electron chi connectivity index (χ1n) is 9.65. The van der Waals surface area contributed by atoms with E-state index < -0.39 is 41.3 Å². The summed E-state index contributed by atoms with van der Waals surface area (Å²) in [5.41, 5.74) is -8.17. The van der Waals surface area contributed by atoms with Crippen molar-refractivity contribution in [2.24, 2.45) is 0 Å². The monoisotopic (exact) mass is 491 g/mol. The highest BCUT2D eigenvalue weighted by Gasteiger charge is 2.73. The van der Waals surface area contributed by atoms with Crippen molar-refractivity contribution in [3.05, 3.63) is 64.7 Å². The Hall–Kier alpha value is -3.33. The van der Waals surface area contributed by atoms with Gasteiger partial charge in [-0.05, 0) is 38.5 Å². The first-order valence-corrected chi connectivity index (χ1v) is 9.65. The van der Waals surface area contributed by atoms with Gasteiger partial charge in [-0.3, -0.25) is 4.79 Å². The first kappa shape index (κ1) is 26.9. The van der Waals surface area contributed by atoms with E-state index in [1.54, 1.807) is 13.0 Å². The smallest absolute Gasteiger partial charge is 0.369 e. The largest absolute Gasteiger partial charge is 0.435 e. The molecule has 1 amide bonds. The summed E-state index contributed by atoms with van der Waals surface area (Å²) >= 11 is 0. The molecule has 0 saturated carbocycles. The van der Waals surface area contributed by atoms with Crippen molar-refractivity contribution in [3.8, 4) is 6.07 Å². The normalized spacial score (nSPS) is 13.7. The lowest BCUT2D eigenvalue weighted by Gasteiger charge is -2.30. The third-order valence-electron chi connectivity index (χ3n) is 4.90. The summed E-state index contributed by atoms with van der Waals surface area (Å²) in [6.07, 6.45) is -14.1. The van der Waals surface area contributed by atoms with Crippen LogP contribution in [0.15, 0.2) is 42.5 Å². The van der Waals surface area contributed by atoms with Crippen molar-refractivity contribution in [1.29, 1.82) is 5.26 Å². The minimum atomic E-state index is -6.25. The van der Waals surface area contributed by atoms with Crippen LogP contribution >= 0.6 is 0 Å². The number of amides is 1. The van der Waals surface area contributed by atoms with Gasteiger partial charge in [-0.2, -0.15) is 31.6 Å². The number of benzene rings is 2. The van der Waals surface area contributed by atoms with Gasteiger partial charge in [-0.15, -0.1) is 0 Å². The maximum atomic E-state index is 14.2. The SMILES string of the molecule is Cc1cccc(C(O)Nc2ccc(C(F)(C(F)(F)F)C(F)(F)F)cc2)c1C(=O)NC(C)(C)C#N. The predicted molar refractivity (Wildman–Crippen MR) is 108 cm³/mol. The van der Waals surface area contributed by atoms with Gasteiger partial charge in [-0.25, -0.2) is 4.39 Å². The van der Waals surface area contributed by atoms with Crippen LogP contribution in [-0.2, 0) is 5.67 Å². The molecular weight excluding hydrogens is 471 g/mol. The Morgan fingerprint density at radius 3 is 1.97 bits per heavy atom. The second kappa shape index (κ2) is 9.13. The Bertz CT molecular complexity index is 1070. The highest BCUT2D eigenvalue weighted by molar-refractivity contribution is 5.98. The number of aryl methyl sites for hydroxylation is 1. The molecule has 0 fully saturated rings. The predicted octanol–water partition coefficient (Wildman–Crippen LogP) is 5.42. The summed E-state index contributed by atoms with van der Waals surface area (Å²) in [4.78, 5) is 12.7. The van der Waals surface area contributed by atoms with E-state index in [0.29, 0.717) is 17.7 Å². The number of anilines is 1. The third-order valence-corrected chi connectivity index (χ3v) is 4.90. The van der Waals surface area contributed by atoms with Crippen LogP contribution in [0.5, 0.6) is 0 Å². The number of rotatable bonds is 6. The molecule has 0 bridgehead atoms. The maximum Gasteiger partial charge on any atom is 0.435 e. The number of nitrogens with zero attached hydrogens (tertiary/aromatic N) is 1. The average molecular weight is 491 g/mol. The number of carbonyl (C=O) groups is 1. The zero-order chi connectivity index (χ0) is 26.1. The summed E-state index contributed by atoms with van der Waals surface area (Å²) < 4.78 is 91.6. The van der Waals surface area contributed by atoms with E-state index >= 15 is 0 Å². The lowest BCUT2D eigenvalue weighted by Crippen LogP contribution is -2.50. The quantitative estimate of drug-likeness (QED) is 0.372. The topological polar surface area (TPSA) is 85.2 Å². The number of nitrogens with one attached hydrogen (secondary N) is 2. The molecule has 34 heavy (non-hydrogen) atoms. The number of nitriles is 1. The van der Waals surface area contributed by atoms with Gasteiger partial charge >= 0.3 is 18.0 Å². The standard InChI is InChI=1S/C22H20F7N3O2/c1-12-5-4-6-15(16(12)18(34)32-19(2,3)11-30)17(33)31-14-9-7-13(8-10-14)20(23,21(24,25)26)22(27,28)29/h4-10,17,31,33H,1-3H3,(H,32,34). The maximum absolute atomic E-state index is 14.2. The third kappa shape index (κ3) is 5.25. The van der Waals surface area contributed by atoms with E-state index in [1.165, 1.54) is 26.0 Å². The summed E-state index contributed by atoms with van der Waals surface area (Å²) in [6, 6.07) is 8.40. The van der Waals surface area contributed by atoms with Crippen LogP contribution in [0.25, 0.3) is 0 Å². The number of hydrogen-bond acceptors (Lipinski definition) is 4. The number of halogens is 7. The van der Waals surface area contributed by atoms with Gasteiger partial charge in [-0.1, -0.05) is 30.3 Å². The second-order valence-corrected chi connectivity index (χ2v) is 8.01. The fourth-order valence-electron chi connectivity index (χ4n) is 3.12. The molecule has 0 aliphatic carbocycles. The van der Waals surface area contributed by atoms with Gasteiger partial charge < -0.3 is 15.7 Å². The molecule has 1 unspecified atom stereocenters. The lowest BCUT2D eigenvalue weighted by atomic mass is 9.94. The Morgan fingerprint density at radius 1 is 0.971 bits per heavy atom. The molecule has 184 valence electrons. The molecule has 0 aliphatic rings.